The van der Waals surface area contributed by atoms with Gasteiger partial charge in [-0.2, -0.15) is 5.10 Å². The van der Waals surface area contributed by atoms with Gasteiger partial charge in [-0.3, -0.25) is 14.4 Å². The molecular formula is C21H26N4O2. The molecule has 2 bridgehead atoms. The highest BCUT2D eigenvalue weighted by molar-refractivity contribution is 5.77. The molecule has 27 heavy (non-hydrogen) atoms. The van der Waals surface area contributed by atoms with Crippen LogP contribution in [0.4, 0.5) is 0 Å². The molecule has 1 aromatic heterocycles. The van der Waals surface area contributed by atoms with Crippen LogP contribution in [0.5, 0.6) is 5.75 Å². The Morgan fingerprint density at radius 3 is 2.74 bits per heavy atom. The topological polar surface area (TPSA) is 61.6 Å². The van der Waals surface area contributed by atoms with Gasteiger partial charge in [-0.05, 0) is 62.5 Å². The second-order valence-electron chi connectivity index (χ2n) is 8.23. The number of amides is 1. The largest absolute Gasteiger partial charge is 0.508 e. The van der Waals surface area contributed by atoms with Gasteiger partial charge < -0.3 is 10.0 Å². The molecule has 142 valence electrons. The van der Waals surface area contributed by atoms with Crippen LogP contribution in [0.3, 0.4) is 0 Å². The minimum absolute atomic E-state index is 0.160. The number of carbonyl (C=O) groups is 1. The number of likely N-dealkylation sites (tertiary alicyclic amines) is 1. The third-order valence-corrected chi connectivity index (χ3v) is 6.83. The summed E-state index contributed by atoms with van der Waals surface area (Å²) in [5, 5.41) is 14.3. The third kappa shape index (κ3) is 2.74. The molecule has 1 amide bonds. The molecule has 5 heterocycles. The van der Waals surface area contributed by atoms with Crippen LogP contribution in [0, 0.1) is 12.8 Å². The molecule has 6 heteroatoms. The summed E-state index contributed by atoms with van der Waals surface area (Å²) in [5.41, 5.74) is 2.15. The summed E-state index contributed by atoms with van der Waals surface area (Å²) >= 11 is 0. The fourth-order valence-electron chi connectivity index (χ4n) is 5.54. The van der Waals surface area contributed by atoms with E-state index in [4.69, 9.17) is 0 Å². The molecule has 6 rings (SSSR count). The minimum Gasteiger partial charge on any atom is -0.508 e. The number of aromatic nitrogens is 2. The lowest BCUT2D eigenvalue weighted by Gasteiger charge is -2.51. The average Bonchev–Trinajstić information content (AvgIpc) is 3.28. The molecule has 3 atom stereocenters. The van der Waals surface area contributed by atoms with Crippen molar-refractivity contribution in [3.63, 3.8) is 0 Å². The monoisotopic (exact) mass is 366 g/mol. The number of hydrogen-bond acceptors (Lipinski definition) is 4. The van der Waals surface area contributed by atoms with E-state index in [0.717, 1.165) is 30.9 Å². The molecule has 4 saturated heterocycles. The molecule has 0 aliphatic carbocycles. The van der Waals surface area contributed by atoms with Crippen LogP contribution >= 0.6 is 0 Å². The number of carbonyl (C=O) groups excluding carboxylic acids is 1. The second kappa shape index (κ2) is 6.37. The number of nitrogens with zero attached hydrogens (tertiary/aromatic N) is 4. The molecule has 0 radical (unpaired) electrons. The Hall–Kier alpha value is -2.34. The lowest BCUT2D eigenvalue weighted by atomic mass is 9.75. The molecule has 2 aromatic rings. The van der Waals surface area contributed by atoms with Crippen LogP contribution < -0.4 is 0 Å². The van der Waals surface area contributed by atoms with E-state index in [2.05, 4.69) is 21.0 Å². The SMILES string of the molecule is Cc1ccnn1CC(=O)N1C[C@@H](c2cccc(O)c2)[C@@H]2[C@H]1C1CCN2CC1. The summed E-state index contributed by atoms with van der Waals surface area (Å²) in [7, 11) is 0. The van der Waals surface area contributed by atoms with Crippen molar-refractivity contribution >= 4 is 5.91 Å². The van der Waals surface area contributed by atoms with Gasteiger partial charge in [0.15, 0.2) is 0 Å². The van der Waals surface area contributed by atoms with Crippen molar-refractivity contribution in [3.8, 4) is 5.75 Å². The highest BCUT2D eigenvalue weighted by Crippen LogP contribution is 2.46. The van der Waals surface area contributed by atoms with Crippen LogP contribution in [0.2, 0.25) is 0 Å². The van der Waals surface area contributed by atoms with Crippen LogP contribution in [-0.4, -0.2) is 62.3 Å². The maximum Gasteiger partial charge on any atom is 0.244 e. The summed E-state index contributed by atoms with van der Waals surface area (Å²) in [4.78, 5) is 17.9. The quantitative estimate of drug-likeness (QED) is 0.902. The smallest absolute Gasteiger partial charge is 0.244 e. The molecule has 4 fully saturated rings. The lowest BCUT2D eigenvalue weighted by molar-refractivity contribution is -0.136. The van der Waals surface area contributed by atoms with Crippen LogP contribution in [0.25, 0.3) is 0 Å². The van der Waals surface area contributed by atoms with E-state index in [0.29, 0.717) is 24.3 Å². The fraction of sp³-hybridized carbons (Fsp3) is 0.524. The van der Waals surface area contributed by atoms with Gasteiger partial charge in [0.1, 0.15) is 12.3 Å². The van der Waals surface area contributed by atoms with Crippen molar-refractivity contribution in [2.75, 3.05) is 19.6 Å². The number of benzene rings is 1. The van der Waals surface area contributed by atoms with Gasteiger partial charge >= 0.3 is 0 Å². The van der Waals surface area contributed by atoms with Gasteiger partial charge in [-0.25, -0.2) is 0 Å². The number of aromatic hydroxyl groups is 1. The highest BCUT2D eigenvalue weighted by atomic mass is 16.3. The zero-order chi connectivity index (χ0) is 18.5. The van der Waals surface area contributed by atoms with E-state index in [-0.39, 0.29) is 17.9 Å². The number of aryl methyl sites for hydroxylation is 1. The number of fused-ring (bicyclic) bond motifs is 2. The minimum atomic E-state index is 0.160. The van der Waals surface area contributed by atoms with Crippen molar-refractivity contribution in [1.29, 1.82) is 0 Å². The predicted octanol–water partition coefficient (Wildman–Crippen LogP) is 1.99. The number of phenols is 1. The normalized spacial score (nSPS) is 31.9. The zero-order valence-corrected chi connectivity index (χ0v) is 15.7. The van der Waals surface area contributed by atoms with E-state index in [9.17, 15) is 9.90 Å². The summed E-state index contributed by atoms with van der Waals surface area (Å²) in [6.45, 7) is 5.27. The first-order valence-electron chi connectivity index (χ1n) is 9.92. The van der Waals surface area contributed by atoms with Crippen LogP contribution in [0.1, 0.15) is 30.0 Å². The Kier molecular flexibility index (Phi) is 3.97. The van der Waals surface area contributed by atoms with Gasteiger partial charge in [-0.15, -0.1) is 0 Å². The third-order valence-electron chi connectivity index (χ3n) is 6.83. The molecule has 0 spiro atoms. The predicted molar refractivity (Wildman–Crippen MR) is 101 cm³/mol. The molecule has 6 nitrogen and oxygen atoms in total. The van der Waals surface area contributed by atoms with Crippen molar-refractivity contribution in [2.24, 2.45) is 5.92 Å². The first-order valence-corrected chi connectivity index (χ1v) is 9.92. The molecule has 4 aliphatic heterocycles. The Morgan fingerprint density at radius 1 is 1.22 bits per heavy atom. The second-order valence-corrected chi connectivity index (χ2v) is 8.23. The fourth-order valence-corrected chi connectivity index (χ4v) is 5.54. The van der Waals surface area contributed by atoms with E-state index in [1.54, 1.807) is 16.9 Å². The van der Waals surface area contributed by atoms with E-state index in [1.807, 2.05) is 25.1 Å². The Labute approximate surface area is 159 Å². The van der Waals surface area contributed by atoms with E-state index in [1.165, 1.54) is 12.8 Å². The van der Waals surface area contributed by atoms with Crippen molar-refractivity contribution in [1.82, 2.24) is 19.6 Å². The van der Waals surface area contributed by atoms with Gasteiger partial charge in [0.2, 0.25) is 5.91 Å². The lowest BCUT2D eigenvalue weighted by Crippen LogP contribution is -2.61. The van der Waals surface area contributed by atoms with Gasteiger partial charge in [0.05, 0.1) is 6.04 Å². The number of piperidine rings is 3. The molecular weight excluding hydrogens is 340 g/mol. The standard InChI is InChI=1S/C21H26N4O2/c1-14-5-8-22-25(14)13-19(27)24-12-18(16-3-2-4-17(26)11-16)21-20(24)15-6-9-23(21)10-7-15/h2-5,8,11,15,18,20-21,26H,6-7,9-10,12-13H2,1H3/t18-,20+,21+/m0/s1. The van der Waals surface area contributed by atoms with Crippen molar-refractivity contribution in [3.05, 3.63) is 47.8 Å². The molecule has 0 unspecified atom stereocenters. The van der Waals surface area contributed by atoms with Crippen molar-refractivity contribution in [2.45, 2.75) is 44.3 Å². The number of hydrogen-bond donors (Lipinski definition) is 1. The van der Waals surface area contributed by atoms with Gasteiger partial charge in [0, 0.05) is 30.4 Å². The average molecular weight is 366 g/mol. The Balaban J connectivity index is 1.47. The molecule has 4 aliphatic rings. The summed E-state index contributed by atoms with van der Waals surface area (Å²) in [6, 6.07) is 10.2. The zero-order valence-electron chi connectivity index (χ0n) is 15.7. The van der Waals surface area contributed by atoms with Crippen LogP contribution in [0.15, 0.2) is 36.5 Å². The molecule has 1 N–H and O–H groups in total. The van der Waals surface area contributed by atoms with Gasteiger partial charge in [-0.1, -0.05) is 12.1 Å². The Morgan fingerprint density at radius 2 is 2.04 bits per heavy atom. The molecule has 1 aromatic carbocycles. The first kappa shape index (κ1) is 16.8. The van der Waals surface area contributed by atoms with E-state index < -0.39 is 0 Å². The summed E-state index contributed by atoms with van der Waals surface area (Å²) in [5.74, 6) is 1.31. The summed E-state index contributed by atoms with van der Waals surface area (Å²) in [6.07, 6.45) is 4.11. The summed E-state index contributed by atoms with van der Waals surface area (Å²) < 4.78 is 1.79. The maximum absolute atomic E-state index is 13.2. The highest BCUT2D eigenvalue weighted by Gasteiger charge is 2.54. The van der Waals surface area contributed by atoms with E-state index >= 15 is 0 Å². The number of rotatable bonds is 3. The maximum atomic E-state index is 13.2. The van der Waals surface area contributed by atoms with Crippen LogP contribution in [-0.2, 0) is 11.3 Å². The molecule has 0 saturated carbocycles. The first-order chi connectivity index (χ1) is 13.1. The van der Waals surface area contributed by atoms with Crippen molar-refractivity contribution < 1.29 is 9.90 Å². The Bertz CT molecular complexity index is 855. The number of phenolic OH excluding ortho intramolecular Hbond substituents is 1. The van der Waals surface area contributed by atoms with Gasteiger partial charge in [0.25, 0.3) is 0 Å².